The fraction of sp³-hybridized carbons (Fsp3) is 0.357. The van der Waals surface area contributed by atoms with Gasteiger partial charge in [0.2, 0.25) is 5.91 Å². The zero-order valence-electron chi connectivity index (χ0n) is 11.0. The third-order valence-electron chi connectivity index (χ3n) is 3.14. The number of nitrogens with zero attached hydrogens (tertiary/aromatic N) is 2. The minimum atomic E-state index is -0.0134. The molecule has 0 aliphatic carbocycles. The quantitative estimate of drug-likeness (QED) is 0.858. The molecule has 0 saturated carbocycles. The number of aromatic nitrogens is 2. The normalized spacial score (nSPS) is 12.3. The number of anilines is 1. The molecule has 1 aromatic heterocycles. The highest BCUT2D eigenvalue weighted by molar-refractivity contribution is 5.93. The number of amides is 1. The van der Waals surface area contributed by atoms with Crippen molar-refractivity contribution in [2.45, 2.75) is 19.8 Å². The number of benzene rings is 1. The molecule has 0 aliphatic heterocycles. The molecule has 0 aliphatic rings. The molecule has 1 unspecified atom stereocenters. The molecule has 1 heterocycles. The maximum absolute atomic E-state index is 11.9. The van der Waals surface area contributed by atoms with Crippen LogP contribution in [0.5, 0.6) is 0 Å². The summed E-state index contributed by atoms with van der Waals surface area (Å²) in [5.74, 6) is 0.223. The van der Waals surface area contributed by atoms with Gasteiger partial charge in [-0.05, 0) is 30.7 Å². The Hall–Kier alpha value is -2.01. The third-order valence-corrected chi connectivity index (χ3v) is 3.14. The van der Waals surface area contributed by atoms with E-state index < -0.39 is 0 Å². The van der Waals surface area contributed by atoms with E-state index in [9.17, 15) is 4.79 Å². The van der Waals surface area contributed by atoms with E-state index in [1.807, 2.05) is 25.1 Å². The third kappa shape index (κ3) is 3.48. The lowest BCUT2D eigenvalue weighted by atomic mass is 10.0. The molecule has 19 heavy (non-hydrogen) atoms. The zero-order chi connectivity index (χ0) is 13.7. The zero-order valence-corrected chi connectivity index (χ0v) is 11.0. The first kappa shape index (κ1) is 13.4. The molecule has 1 amide bonds. The Bertz CT molecular complexity index is 566. The molecule has 0 bridgehead atoms. The van der Waals surface area contributed by atoms with Crippen molar-refractivity contribution < 1.29 is 4.79 Å². The van der Waals surface area contributed by atoms with E-state index in [1.54, 1.807) is 12.4 Å². The molecular weight excluding hydrogens is 240 g/mol. The Balaban J connectivity index is 2.06. The van der Waals surface area contributed by atoms with Gasteiger partial charge in [-0.2, -0.15) is 0 Å². The number of nitrogens with one attached hydrogen (secondary N) is 1. The molecule has 0 radical (unpaired) electrons. The second kappa shape index (κ2) is 6.24. The summed E-state index contributed by atoms with van der Waals surface area (Å²) in [7, 11) is 0. The molecule has 2 rings (SSSR count). The van der Waals surface area contributed by atoms with Gasteiger partial charge in [-0.3, -0.25) is 14.8 Å². The Morgan fingerprint density at radius 3 is 2.74 bits per heavy atom. The van der Waals surface area contributed by atoms with Crippen molar-refractivity contribution in [1.29, 1.82) is 0 Å². The monoisotopic (exact) mass is 258 g/mol. The fourth-order valence-electron chi connectivity index (χ4n) is 1.91. The number of fused-ring (bicyclic) bond motifs is 1. The predicted octanol–water partition coefficient (Wildman–Crippen LogP) is 1.94. The maximum Gasteiger partial charge on any atom is 0.224 e. The van der Waals surface area contributed by atoms with Gasteiger partial charge >= 0.3 is 0 Å². The molecule has 0 spiro atoms. The Kier molecular flexibility index (Phi) is 4.41. The van der Waals surface area contributed by atoms with Crippen LogP contribution >= 0.6 is 0 Å². The van der Waals surface area contributed by atoms with E-state index in [4.69, 9.17) is 5.73 Å². The molecule has 1 aromatic carbocycles. The fourth-order valence-corrected chi connectivity index (χ4v) is 1.91. The Morgan fingerprint density at radius 2 is 2.05 bits per heavy atom. The average Bonchev–Trinajstić information content (AvgIpc) is 2.44. The van der Waals surface area contributed by atoms with Crippen molar-refractivity contribution >= 4 is 22.6 Å². The molecule has 3 N–H and O–H groups in total. The number of carbonyl (C=O) groups excluding carboxylic acids is 1. The highest BCUT2D eigenvalue weighted by atomic mass is 16.1. The van der Waals surface area contributed by atoms with Crippen LogP contribution in [0.25, 0.3) is 11.0 Å². The first-order chi connectivity index (χ1) is 9.22. The van der Waals surface area contributed by atoms with Crippen LogP contribution in [0.4, 0.5) is 5.69 Å². The van der Waals surface area contributed by atoms with Gasteiger partial charge in [0.1, 0.15) is 0 Å². The summed E-state index contributed by atoms with van der Waals surface area (Å²) in [5, 5.41) is 2.87. The Labute approximate surface area is 112 Å². The van der Waals surface area contributed by atoms with Crippen LogP contribution in [0, 0.1) is 5.92 Å². The highest BCUT2D eigenvalue weighted by Crippen LogP contribution is 2.16. The first-order valence-electron chi connectivity index (χ1n) is 6.43. The van der Waals surface area contributed by atoms with Crippen molar-refractivity contribution in [2.75, 3.05) is 11.9 Å². The standard InChI is InChI=1S/C14H18N4O/c1-2-10(9-15)7-14(19)18-11-3-4-12-13(8-11)17-6-5-16-12/h3-6,8,10H,2,7,9,15H2,1H3,(H,18,19). The lowest BCUT2D eigenvalue weighted by Gasteiger charge is -2.12. The molecule has 0 saturated heterocycles. The summed E-state index contributed by atoms with van der Waals surface area (Å²) >= 11 is 0. The van der Waals surface area contributed by atoms with Crippen molar-refractivity contribution in [3.8, 4) is 0 Å². The predicted molar refractivity (Wildman–Crippen MR) is 75.6 cm³/mol. The van der Waals surface area contributed by atoms with Gasteiger partial charge in [-0.15, -0.1) is 0 Å². The van der Waals surface area contributed by atoms with Crippen molar-refractivity contribution in [3.63, 3.8) is 0 Å². The Morgan fingerprint density at radius 1 is 1.32 bits per heavy atom. The van der Waals surface area contributed by atoms with Crippen LogP contribution in [0.1, 0.15) is 19.8 Å². The number of rotatable bonds is 5. The molecule has 2 aromatic rings. The summed E-state index contributed by atoms with van der Waals surface area (Å²) in [6.45, 7) is 2.57. The summed E-state index contributed by atoms with van der Waals surface area (Å²) in [6, 6.07) is 5.50. The van der Waals surface area contributed by atoms with E-state index >= 15 is 0 Å². The van der Waals surface area contributed by atoms with Gasteiger partial charge in [0.15, 0.2) is 0 Å². The summed E-state index contributed by atoms with van der Waals surface area (Å²) in [6.07, 6.45) is 4.64. The van der Waals surface area contributed by atoms with Gasteiger partial charge in [-0.25, -0.2) is 0 Å². The smallest absolute Gasteiger partial charge is 0.224 e. The van der Waals surface area contributed by atoms with Gasteiger partial charge in [0, 0.05) is 24.5 Å². The molecule has 100 valence electrons. The van der Waals surface area contributed by atoms with Crippen LogP contribution in [0.3, 0.4) is 0 Å². The second-order valence-corrected chi connectivity index (χ2v) is 4.52. The SMILES string of the molecule is CCC(CN)CC(=O)Nc1ccc2nccnc2c1. The molecule has 0 fully saturated rings. The lowest BCUT2D eigenvalue weighted by Crippen LogP contribution is -2.21. The van der Waals surface area contributed by atoms with Gasteiger partial charge in [0.05, 0.1) is 11.0 Å². The van der Waals surface area contributed by atoms with Gasteiger partial charge in [-0.1, -0.05) is 13.3 Å². The average molecular weight is 258 g/mol. The highest BCUT2D eigenvalue weighted by Gasteiger charge is 2.10. The van der Waals surface area contributed by atoms with Gasteiger partial charge < -0.3 is 11.1 Å². The lowest BCUT2D eigenvalue weighted by molar-refractivity contribution is -0.117. The van der Waals surface area contributed by atoms with Gasteiger partial charge in [0.25, 0.3) is 0 Å². The topological polar surface area (TPSA) is 80.9 Å². The number of hydrogen-bond donors (Lipinski definition) is 2. The van der Waals surface area contributed by atoms with Crippen LogP contribution in [0.15, 0.2) is 30.6 Å². The summed E-state index contributed by atoms with van der Waals surface area (Å²) < 4.78 is 0. The maximum atomic E-state index is 11.9. The van der Waals surface area contributed by atoms with E-state index in [1.165, 1.54) is 0 Å². The van der Waals surface area contributed by atoms with E-state index in [-0.39, 0.29) is 11.8 Å². The second-order valence-electron chi connectivity index (χ2n) is 4.52. The number of hydrogen-bond acceptors (Lipinski definition) is 4. The first-order valence-corrected chi connectivity index (χ1v) is 6.43. The van der Waals surface area contributed by atoms with E-state index in [0.29, 0.717) is 13.0 Å². The number of nitrogens with two attached hydrogens (primary N) is 1. The molecular formula is C14H18N4O. The van der Waals surface area contributed by atoms with Crippen LogP contribution < -0.4 is 11.1 Å². The van der Waals surface area contributed by atoms with Crippen LogP contribution in [-0.2, 0) is 4.79 Å². The van der Waals surface area contributed by atoms with E-state index in [0.717, 1.165) is 23.1 Å². The van der Waals surface area contributed by atoms with Crippen molar-refractivity contribution in [1.82, 2.24) is 9.97 Å². The van der Waals surface area contributed by atoms with Crippen LogP contribution in [0.2, 0.25) is 0 Å². The van der Waals surface area contributed by atoms with Crippen molar-refractivity contribution in [3.05, 3.63) is 30.6 Å². The minimum Gasteiger partial charge on any atom is -0.330 e. The summed E-state index contributed by atoms with van der Waals surface area (Å²) in [4.78, 5) is 20.3. The molecule has 5 nitrogen and oxygen atoms in total. The minimum absolute atomic E-state index is 0.0134. The van der Waals surface area contributed by atoms with Crippen molar-refractivity contribution in [2.24, 2.45) is 11.7 Å². The largest absolute Gasteiger partial charge is 0.330 e. The molecule has 1 atom stereocenters. The summed E-state index contributed by atoms with van der Waals surface area (Å²) in [5.41, 5.74) is 7.93. The van der Waals surface area contributed by atoms with E-state index in [2.05, 4.69) is 15.3 Å². The van der Waals surface area contributed by atoms with Crippen LogP contribution in [-0.4, -0.2) is 22.4 Å². The number of carbonyl (C=O) groups is 1. The molecule has 5 heteroatoms.